The summed E-state index contributed by atoms with van der Waals surface area (Å²) in [7, 11) is 0. The fourth-order valence-electron chi connectivity index (χ4n) is 3.67. The third kappa shape index (κ3) is 2.23. The zero-order chi connectivity index (χ0) is 13.4. The molecule has 1 saturated heterocycles. The first-order valence-corrected chi connectivity index (χ1v) is 7.63. The summed E-state index contributed by atoms with van der Waals surface area (Å²) in [5.41, 5.74) is 2.34. The molecule has 2 aromatic rings. The Labute approximate surface area is 119 Å². The number of hydrogen-bond acceptors (Lipinski definition) is 3. The number of H-pyrrole nitrogens is 1. The van der Waals surface area contributed by atoms with Crippen molar-refractivity contribution < 1.29 is 4.74 Å². The number of para-hydroxylation sites is 2. The molecular formula is C16H21N3O. The van der Waals surface area contributed by atoms with Gasteiger partial charge in [0.25, 0.3) is 0 Å². The lowest BCUT2D eigenvalue weighted by Crippen LogP contribution is -2.49. The first-order chi connectivity index (χ1) is 9.83. The molecule has 1 spiro atoms. The van der Waals surface area contributed by atoms with E-state index in [2.05, 4.69) is 27.0 Å². The van der Waals surface area contributed by atoms with E-state index in [0.717, 1.165) is 43.1 Å². The third-order valence-corrected chi connectivity index (χ3v) is 4.65. The number of nitrogens with one attached hydrogen (secondary N) is 1. The molecule has 1 N–H and O–H groups in total. The number of fused-ring (bicyclic) bond motifs is 1. The van der Waals surface area contributed by atoms with Crippen molar-refractivity contribution in [1.29, 1.82) is 0 Å². The molecule has 1 saturated carbocycles. The number of benzene rings is 1. The highest BCUT2D eigenvalue weighted by Gasteiger charge is 2.39. The molecule has 20 heavy (non-hydrogen) atoms. The number of rotatable bonds is 2. The molecule has 106 valence electrons. The normalized spacial score (nSPS) is 22.8. The Morgan fingerprint density at radius 2 is 2.10 bits per heavy atom. The number of morpholine rings is 1. The van der Waals surface area contributed by atoms with Gasteiger partial charge in [-0.2, -0.15) is 0 Å². The predicted octanol–water partition coefficient (Wildman–Crippen LogP) is 2.71. The Morgan fingerprint density at radius 3 is 2.95 bits per heavy atom. The van der Waals surface area contributed by atoms with E-state index in [4.69, 9.17) is 4.74 Å². The molecule has 0 bridgehead atoms. The van der Waals surface area contributed by atoms with Crippen molar-refractivity contribution >= 4 is 11.0 Å². The lowest BCUT2D eigenvalue weighted by atomic mass is 10.00. The molecule has 1 aromatic carbocycles. The number of aromatic nitrogens is 2. The smallest absolute Gasteiger partial charge is 0.121 e. The van der Waals surface area contributed by atoms with E-state index in [-0.39, 0.29) is 5.60 Å². The number of hydrogen-bond donors (Lipinski definition) is 1. The summed E-state index contributed by atoms with van der Waals surface area (Å²) in [6.07, 6.45) is 5.09. The SMILES string of the molecule is c1ccc2[nH]c(CN3CCOC4(CCCC4)C3)nc2c1. The largest absolute Gasteiger partial charge is 0.372 e. The van der Waals surface area contributed by atoms with Crippen molar-refractivity contribution in [1.82, 2.24) is 14.9 Å². The van der Waals surface area contributed by atoms with Crippen LogP contribution in [0.15, 0.2) is 24.3 Å². The molecular weight excluding hydrogens is 250 g/mol. The average molecular weight is 271 g/mol. The van der Waals surface area contributed by atoms with E-state index in [9.17, 15) is 0 Å². The van der Waals surface area contributed by atoms with Crippen LogP contribution in [0, 0.1) is 0 Å². The molecule has 4 rings (SSSR count). The fraction of sp³-hybridized carbons (Fsp3) is 0.562. The second-order valence-electron chi connectivity index (χ2n) is 6.15. The first-order valence-electron chi connectivity index (χ1n) is 7.63. The quantitative estimate of drug-likeness (QED) is 0.913. The maximum Gasteiger partial charge on any atom is 0.121 e. The van der Waals surface area contributed by atoms with Crippen LogP contribution in [0.4, 0.5) is 0 Å². The Bertz CT molecular complexity index is 568. The minimum Gasteiger partial charge on any atom is -0.372 e. The van der Waals surface area contributed by atoms with Gasteiger partial charge >= 0.3 is 0 Å². The van der Waals surface area contributed by atoms with E-state index in [1.807, 2.05) is 12.1 Å². The van der Waals surface area contributed by atoms with Crippen LogP contribution in [0.2, 0.25) is 0 Å². The Morgan fingerprint density at radius 1 is 1.25 bits per heavy atom. The molecule has 2 fully saturated rings. The van der Waals surface area contributed by atoms with Crippen LogP contribution in [0.25, 0.3) is 11.0 Å². The van der Waals surface area contributed by atoms with Gasteiger partial charge in [-0.3, -0.25) is 4.90 Å². The highest BCUT2D eigenvalue weighted by atomic mass is 16.5. The summed E-state index contributed by atoms with van der Waals surface area (Å²) in [5, 5.41) is 0. The van der Waals surface area contributed by atoms with Crippen molar-refractivity contribution in [3.63, 3.8) is 0 Å². The van der Waals surface area contributed by atoms with Gasteiger partial charge in [0.1, 0.15) is 5.82 Å². The molecule has 2 heterocycles. The third-order valence-electron chi connectivity index (χ3n) is 4.65. The minimum atomic E-state index is 0.143. The molecule has 0 unspecified atom stereocenters. The topological polar surface area (TPSA) is 41.2 Å². The van der Waals surface area contributed by atoms with Gasteiger partial charge in [0.2, 0.25) is 0 Å². The molecule has 0 radical (unpaired) electrons. The van der Waals surface area contributed by atoms with E-state index < -0.39 is 0 Å². The van der Waals surface area contributed by atoms with Crippen molar-refractivity contribution in [3.05, 3.63) is 30.1 Å². The van der Waals surface area contributed by atoms with Crippen molar-refractivity contribution in [2.24, 2.45) is 0 Å². The molecule has 0 amide bonds. The Kier molecular flexibility index (Phi) is 3.00. The number of imidazole rings is 1. The standard InChI is InChI=1S/C16H21N3O/c1-2-6-14-13(5-1)17-15(18-14)11-19-9-10-20-16(12-19)7-3-4-8-16/h1-2,5-6H,3-4,7-12H2,(H,17,18). The van der Waals surface area contributed by atoms with Crippen LogP contribution >= 0.6 is 0 Å². The van der Waals surface area contributed by atoms with Gasteiger partial charge in [-0.15, -0.1) is 0 Å². The maximum absolute atomic E-state index is 6.08. The molecule has 2 aliphatic rings. The highest BCUT2D eigenvalue weighted by molar-refractivity contribution is 5.74. The predicted molar refractivity (Wildman–Crippen MR) is 78.5 cm³/mol. The summed E-state index contributed by atoms with van der Waals surface area (Å²) in [6, 6.07) is 8.23. The Hall–Kier alpha value is -1.39. The van der Waals surface area contributed by atoms with Crippen LogP contribution < -0.4 is 0 Å². The van der Waals surface area contributed by atoms with Crippen LogP contribution in [-0.2, 0) is 11.3 Å². The van der Waals surface area contributed by atoms with Crippen molar-refractivity contribution in [2.45, 2.75) is 37.8 Å². The molecule has 1 aromatic heterocycles. The van der Waals surface area contributed by atoms with E-state index in [0.29, 0.717) is 0 Å². The lowest BCUT2D eigenvalue weighted by molar-refractivity contribution is -0.107. The monoisotopic (exact) mass is 271 g/mol. The maximum atomic E-state index is 6.08. The zero-order valence-corrected chi connectivity index (χ0v) is 11.8. The first kappa shape index (κ1) is 12.4. The summed E-state index contributed by atoms with van der Waals surface area (Å²) < 4.78 is 6.08. The van der Waals surface area contributed by atoms with Gasteiger partial charge < -0.3 is 9.72 Å². The lowest BCUT2D eigenvalue weighted by Gasteiger charge is -2.40. The molecule has 1 aliphatic heterocycles. The highest BCUT2D eigenvalue weighted by Crippen LogP contribution is 2.36. The second-order valence-corrected chi connectivity index (χ2v) is 6.15. The van der Waals surface area contributed by atoms with Crippen molar-refractivity contribution in [3.8, 4) is 0 Å². The summed E-state index contributed by atoms with van der Waals surface area (Å²) in [6.45, 7) is 3.84. The van der Waals surface area contributed by atoms with Gasteiger partial charge in [0.15, 0.2) is 0 Å². The fourth-order valence-corrected chi connectivity index (χ4v) is 3.67. The summed E-state index contributed by atoms with van der Waals surface area (Å²) in [5.74, 6) is 1.07. The average Bonchev–Trinajstić information content (AvgIpc) is 3.05. The number of aromatic amines is 1. The van der Waals surface area contributed by atoms with Crippen LogP contribution in [0.1, 0.15) is 31.5 Å². The van der Waals surface area contributed by atoms with Gasteiger partial charge in [-0.05, 0) is 25.0 Å². The van der Waals surface area contributed by atoms with Gasteiger partial charge in [-0.1, -0.05) is 25.0 Å². The van der Waals surface area contributed by atoms with Gasteiger partial charge in [0, 0.05) is 13.1 Å². The molecule has 4 nitrogen and oxygen atoms in total. The van der Waals surface area contributed by atoms with Gasteiger partial charge in [0.05, 0.1) is 29.8 Å². The number of ether oxygens (including phenoxy) is 1. The Balaban J connectivity index is 1.50. The minimum absolute atomic E-state index is 0.143. The number of nitrogens with zero attached hydrogens (tertiary/aromatic N) is 2. The zero-order valence-electron chi connectivity index (χ0n) is 11.8. The molecule has 0 atom stereocenters. The van der Waals surface area contributed by atoms with E-state index in [1.165, 1.54) is 25.7 Å². The van der Waals surface area contributed by atoms with Gasteiger partial charge in [-0.25, -0.2) is 4.98 Å². The van der Waals surface area contributed by atoms with E-state index in [1.54, 1.807) is 0 Å². The van der Waals surface area contributed by atoms with Crippen LogP contribution in [0.3, 0.4) is 0 Å². The van der Waals surface area contributed by atoms with Crippen LogP contribution in [0.5, 0.6) is 0 Å². The van der Waals surface area contributed by atoms with Crippen molar-refractivity contribution in [2.75, 3.05) is 19.7 Å². The van der Waals surface area contributed by atoms with E-state index >= 15 is 0 Å². The second kappa shape index (κ2) is 4.86. The molecule has 4 heteroatoms. The van der Waals surface area contributed by atoms with Crippen LogP contribution in [-0.4, -0.2) is 40.2 Å². The molecule has 1 aliphatic carbocycles. The summed E-state index contributed by atoms with van der Waals surface area (Å²) >= 11 is 0. The summed E-state index contributed by atoms with van der Waals surface area (Å²) in [4.78, 5) is 10.6.